The molecule has 1 rings (SSSR count). The molecule has 1 radical (unpaired) electrons. The average Bonchev–Trinajstić information content (AvgIpc) is 2.26. The van der Waals surface area contributed by atoms with Crippen LogP contribution in [-0.4, -0.2) is 24.5 Å². The number of sulfonamides is 1. The van der Waals surface area contributed by atoms with Gasteiger partial charge < -0.3 is 5.73 Å². The SMILES string of the molecule is C=CC[CH]C1=CCN(S(=O)(=O)C(N)=O)C=C1. The van der Waals surface area contributed by atoms with Gasteiger partial charge in [0.25, 0.3) is 0 Å². The van der Waals surface area contributed by atoms with E-state index in [0.717, 1.165) is 9.88 Å². The molecule has 0 fully saturated rings. The lowest BCUT2D eigenvalue weighted by Gasteiger charge is -2.20. The van der Waals surface area contributed by atoms with E-state index in [9.17, 15) is 13.2 Å². The molecule has 0 aromatic rings. The molecule has 1 heterocycles. The molecule has 0 bridgehead atoms. The van der Waals surface area contributed by atoms with Crippen LogP contribution in [0.25, 0.3) is 0 Å². The Balaban J connectivity index is 2.69. The highest BCUT2D eigenvalue weighted by atomic mass is 32.2. The van der Waals surface area contributed by atoms with Gasteiger partial charge in [0.2, 0.25) is 0 Å². The van der Waals surface area contributed by atoms with Crippen molar-refractivity contribution in [3.63, 3.8) is 0 Å². The summed E-state index contributed by atoms with van der Waals surface area (Å²) in [5.41, 5.74) is 5.67. The van der Waals surface area contributed by atoms with Gasteiger partial charge >= 0.3 is 15.3 Å². The Kier molecular flexibility index (Phi) is 3.89. The molecule has 0 aliphatic carbocycles. The third-order valence-corrected chi connectivity index (χ3v) is 3.42. The van der Waals surface area contributed by atoms with Crippen molar-refractivity contribution < 1.29 is 13.2 Å². The van der Waals surface area contributed by atoms with Crippen LogP contribution < -0.4 is 5.73 Å². The van der Waals surface area contributed by atoms with Crippen molar-refractivity contribution in [2.45, 2.75) is 6.42 Å². The van der Waals surface area contributed by atoms with E-state index >= 15 is 0 Å². The Labute approximate surface area is 95.0 Å². The number of hydrogen-bond acceptors (Lipinski definition) is 3. The van der Waals surface area contributed by atoms with Gasteiger partial charge in [-0.2, -0.15) is 8.42 Å². The van der Waals surface area contributed by atoms with E-state index in [1.54, 1.807) is 18.2 Å². The number of primary amides is 1. The molecule has 1 aliphatic heterocycles. The van der Waals surface area contributed by atoms with Crippen molar-refractivity contribution in [1.82, 2.24) is 4.31 Å². The molecule has 0 spiro atoms. The Bertz CT molecular complexity index is 449. The molecular weight excluding hydrogens is 228 g/mol. The van der Waals surface area contributed by atoms with Crippen molar-refractivity contribution in [2.75, 3.05) is 6.54 Å². The number of nitrogens with two attached hydrogens (primary N) is 1. The lowest BCUT2D eigenvalue weighted by Crippen LogP contribution is -2.36. The molecule has 6 heteroatoms. The fraction of sp³-hybridized carbons (Fsp3) is 0.200. The fourth-order valence-corrected chi connectivity index (χ4v) is 1.88. The first-order valence-corrected chi connectivity index (χ1v) is 6.06. The van der Waals surface area contributed by atoms with Crippen molar-refractivity contribution in [3.8, 4) is 0 Å². The maximum Gasteiger partial charge on any atom is 0.354 e. The second-order valence-corrected chi connectivity index (χ2v) is 4.96. The van der Waals surface area contributed by atoms with Crippen LogP contribution in [0.2, 0.25) is 0 Å². The van der Waals surface area contributed by atoms with E-state index in [1.165, 1.54) is 6.20 Å². The van der Waals surface area contributed by atoms with E-state index in [1.807, 2.05) is 6.42 Å². The zero-order valence-corrected chi connectivity index (χ0v) is 9.48. The summed E-state index contributed by atoms with van der Waals surface area (Å²) < 4.78 is 23.6. The fourth-order valence-electron chi connectivity index (χ4n) is 1.16. The highest BCUT2D eigenvalue weighted by Crippen LogP contribution is 2.14. The molecule has 1 amide bonds. The van der Waals surface area contributed by atoms with Crippen molar-refractivity contribution >= 4 is 15.3 Å². The number of amides is 1. The maximum absolute atomic E-state index is 11.4. The molecule has 87 valence electrons. The van der Waals surface area contributed by atoms with Crippen LogP contribution in [0.15, 0.2) is 36.6 Å². The van der Waals surface area contributed by atoms with Crippen LogP contribution in [0, 0.1) is 6.42 Å². The molecule has 5 nitrogen and oxygen atoms in total. The highest BCUT2D eigenvalue weighted by Gasteiger charge is 2.25. The monoisotopic (exact) mass is 241 g/mol. The molecule has 1 aliphatic rings. The third-order valence-electron chi connectivity index (χ3n) is 2.02. The summed E-state index contributed by atoms with van der Waals surface area (Å²) in [6.07, 6.45) is 8.98. The third kappa shape index (κ3) is 2.73. The Morgan fingerprint density at radius 1 is 1.62 bits per heavy atom. The Hall–Kier alpha value is -1.56. The number of rotatable bonds is 4. The lowest BCUT2D eigenvalue weighted by atomic mass is 10.1. The van der Waals surface area contributed by atoms with Gasteiger partial charge in [-0.15, -0.1) is 6.58 Å². The lowest BCUT2D eigenvalue weighted by molar-refractivity contribution is 0.264. The van der Waals surface area contributed by atoms with Crippen LogP contribution in [0.5, 0.6) is 0 Å². The number of carbonyl (C=O) groups excluding carboxylic acids is 1. The van der Waals surface area contributed by atoms with Gasteiger partial charge in [-0.05, 0) is 24.5 Å². The molecule has 0 aromatic heterocycles. The minimum Gasteiger partial charge on any atom is -0.355 e. The minimum absolute atomic E-state index is 0.116. The van der Waals surface area contributed by atoms with E-state index in [4.69, 9.17) is 5.73 Å². The van der Waals surface area contributed by atoms with Gasteiger partial charge in [0.05, 0.1) is 6.54 Å². The second-order valence-electron chi connectivity index (χ2n) is 3.14. The average molecular weight is 241 g/mol. The summed E-state index contributed by atoms with van der Waals surface area (Å²) in [7, 11) is -4.04. The summed E-state index contributed by atoms with van der Waals surface area (Å²) in [4.78, 5) is 10.7. The van der Waals surface area contributed by atoms with Gasteiger partial charge in [-0.3, -0.25) is 9.10 Å². The summed E-state index contributed by atoms with van der Waals surface area (Å²) in [6, 6.07) is 0. The summed E-state index contributed by atoms with van der Waals surface area (Å²) in [6.45, 7) is 3.69. The minimum atomic E-state index is -4.04. The van der Waals surface area contributed by atoms with E-state index in [-0.39, 0.29) is 6.54 Å². The topological polar surface area (TPSA) is 80.5 Å². The molecular formula is C10H13N2O3S. The molecule has 16 heavy (non-hydrogen) atoms. The first-order chi connectivity index (χ1) is 7.48. The Morgan fingerprint density at radius 2 is 2.31 bits per heavy atom. The van der Waals surface area contributed by atoms with Gasteiger partial charge in [0.15, 0.2) is 0 Å². The summed E-state index contributed by atoms with van der Waals surface area (Å²) in [5, 5.41) is -1.34. The zero-order valence-electron chi connectivity index (χ0n) is 8.67. The first-order valence-electron chi connectivity index (χ1n) is 4.62. The number of allylic oxidation sites excluding steroid dienone is 3. The smallest absolute Gasteiger partial charge is 0.354 e. The summed E-state index contributed by atoms with van der Waals surface area (Å²) >= 11 is 0. The van der Waals surface area contributed by atoms with Crippen LogP contribution in [0.3, 0.4) is 0 Å². The number of hydrogen-bond donors (Lipinski definition) is 1. The van der Waals surface area contributed by atoms with Crippen molar-refractivity contribution in [2.24, 2.45) is 5.73 Å². The number of nitrogens with zero attached hydrogens (tertiary/aromatic N) is 1. The molecule has 0 unspecified atom stereocenters. The zero-order chi connectivity index (χ0) is 12.2. The van der Waals surface area contributed by atoms with Gasteiger partial charge in [-0.1, -0.05) is 12.2 Å². The Morgan fingerprint density at radius 3 is 2.75 bits per heavy atom. The predicted octanol–water partition coefficient (Wildman–Crippen LogP) is 0.931. The summed E-state index contributed by atoms with van der Waals surface area (Å²) in [5.74, 6) is 0. The normalized spacial score (nSPS) is 15.8. The molecule has 0 saturated carbocycles. The van der Waals surface area contributed by atoms with E-state index in [0.29, 0.717) is 6.42 Å². The molecule has 2 N–H and O–H groups in total. The van der Waals surface area contributed by atoms with Crippen molar-refractivity contribution in [1.29, 1.82) is 0 Å². The van der Waals surface area contributed by atoms with Gasteiger partial charge in [0.1, 0.15) is 0 Å². The van der Waals surface area contributed by atoms with E-state index < -0.39 is 15.3 Å². The highest BCUT2D eigenvalue weighted by molar-refractivity contribution is 8.04. The van der Waals surface area contributed by atoms with Crippen LogP contribution in [0.4, 0.5) is 4.79 Å². The maximum atomic E-state index is 11.4. The second kappa shape index (κ2) is 4.98. The first kappa shape index (κ1) is 12.5. The number of carbonyl (C=O) groups is 1. The van der Waals surface area contributed by atoms with E-state index in [2.05, 4.69) is 6.58 Å². The van der Waals surface area contributed by atoms with Crippen LogP contribution in [0.1, 0.15) is 6.42 Å². The largest absolute Gasteiger partial charge is 0.355 e. The van der Waals surface area contributed by atoms with Gasteiger partial charge in [0, 0.05) is 6.20 Å². The molecule has 0 saturated heterocycles. The molecule has 0 atom stereocenters. The predicted molar refractivity (Wildman–Crippen MR) is 61.5 cm³/mol. The van der Waals surface area contributed by atoms with Gasteiger partial charge in [-0.25, -0.2) is 0 Å². The van der Waals surface area contributed by atoms with Crippen LogP contribution >= 0.6 is 0 Å². The molecule has 0 aromatic carbocycles. The van der Waals surface area contributed by atoms with Crippen LogP contribution in [-0.2, 0) is 10.0 Å². The quantitative estimate of drug-likeness (QED) is 0.743. The van der Waals surface area contributed by atoms with Crippen molar-refractivity contribution in [3.05, 3.63) is 43.0 Å². The standard InChI is InChI=1S/C10H13N2O3S/c1-2-3-4-9-5-7-12(8-6-9)16(14,15)10(11)13/h2,4-7H,1,3,8H2,(H2,11,13).